The number of carbonyl (C=O) groups excluding carboxylic acids is 1. The van der Waals surface area contributed by atoms with Gasteiger partial charge in [0.15, 0.2) is 0 Å². The van der Waals surface area contributed by atoms with E-state index in [0.29, 0.717) is 11.5 Å². The minimum Gasteiger partial charge on any atom is -0.399 e. The fourth-order valence-corrected chi connectivity index (χ4v) is 1.18. The molecule has 1 rings (SSSR count). The van der Waals surface area contributed by atoms with Crippen molar-refractivity contribution in [1.82, 2.24) is 10.3 Å². The first kappa shape index (κ1) is 12.3. The largest absolute Gasteiger partial charge is 0.399 e. The van der Waals surface area contributed by atoms with Crippen LogP contribution in [0.5, 0.6) is 0 Å². The number of nitrogens with one attached hydrogen (secondary N) is 2. The zero-order chi connectivity index (χ0) is 12.2. The van der Waals surface area contributed by atoms with Crippen LogP contribution in [-0.2, 0) is 4.79 Å². The molecule has 4 N–H and O–H groups in total. The fraction of sp³-hybridized carbons (Fsp3) is 0.455. The lowest BCUT2D eigenvalue weighted by Gasteiger charge is -2.20. The lowest BCUT2D eigenvalue weighted by Crippen LogP contribution is -2.43. The first-order valence-corrected chi connectivity index (χ1v) is 5.13. The third-order valence-corrected chi connectivity index (χ3v) is 1.73. The van der Waals surface area contributed by atoms with E-state index >= 15 is 0 Å². The molecule has 0 spiro atoms. The second-order valence-electron chi connectivity index (χ2n) is 4.63. The fourth-order valence-electron chi connectivity index (χ4n) is 1.18. The Balaban J connectivity index is 2.43. The molecule has 0 aromatic carbocycles. The summed E-state index contributed by atoms with van der Waals surface area (Å²) in [6.45, 7) is 5.99. The molecule has 0 bridgehead atoms. The van der Waals surface area contributed by atoms with E-state index in [0.717, 1.165) is 0 Å². The lowest BCUT2D eigenvalue weighted by molar-refractivity contribution is -0.120. The highest BCUT2D eigenvalue weighted by atomic mass is 16.2. The van der Waals surface area contributed by atoms with Crippen LogP contribution in [-0.4, -0.2) is 23.0 Å². The summed E-state index contributed by atoms with van der Waals surface area (Å²) in [7, 11) is 0. The molecule has 0 atom stereocenters. The lowest BCUT2D eigenvalue weighted by atomic mass is 10.1. The number of nitrogen functional groups attached to an aromatic ring is 1. The van der Waals surface area contributed by atoms with E-state index < -0.39 is 0 Å². The van der Waals surface area contributed by atoms with Crippen molar-refractivity contribution in [2.45, 2.75) is 26.3 Å². The number of carbonyl (C=O) groups is 1. The number of aromatic nitrogens is 1. The summed E-state index contributed by atoms with van der Waals surface area (Å²) in [5.74, 6) is 0.529. The smallest absolute Gasteiger partial charge is 0.239 e. The Morgan fingerprint density at radius 1 is 1.50 bits per heavy atom. The van der Waals surface area contributed by atoms with Crippen LogP contribution in [0.15, 0.2) is 18.3 Å². The van der Waals surface area contributed by atoms with Gasteiger partial charge in [0.1, 0.15) is 5.82 Å². The van der Waals surface area contributed by atoms with Gasteiger partial charge in [-0.3, -0.25) is 4.79 Å². The van der Waals surface area contributed by atoms with Crippen molar-refractivity contribution >= 4 is 17.4 Å². The Kier molecular flexibility index (Phi) is 3.71. The third-order valence-electron chi connectivity index (χ3n) is 1.73. The standard InChI is InChI=1S/C11H18N4O/c1-11(2,3)15-10(16)7-14-9-6-8(12)4-5-13-9/h4-6H,7H2,1-3H3,(H,15,16)(H3,12,13,14). The van der Waals surface area contributed by atoms with Gasteiger partial charge in [0.25, 0.3) is 0 Å². The number of hydrogen-bond donors (Lipinski definition) is 3. The van der Waals surface area contributed by atoms with Crippen molar-refractivity contribution in [2.24, 2.45) is 0 Å². The molecule has 1 heterocycles. The van der Waals surface area contributed by atoms with E-state index in [-0.39, 0.29) is 18.0 Å². The van der Waals surface area contributed by atoms with Gasteiger partial charge >= 0.3 is 0 Å². The van der Waals surface area contributed by atoms with Gasteiger partial charge in [0, 0.05) is 23.5 Å². The number of nitrogens with zero attached hydrogens (tertiary/aromatic N) is 1. The van der Waals surface area contributed by atoms with Crippen LogP contribution < -0.4 is 16.4 Å². The average Bonchev–Trinajstić information content (AvgIpc) is 2.12. The molecule has 0 aliphatic heterocycles. The molecule has 0 radical (unpaired) electrons. The topological polar surface area (TPSA) is 80.0 Å². The van der Waals surface area contributed by atoms with Gasteiger partial charge in [-0.1, -0.05) is 0 Å². The Morgan fingerprint density at radius 2 is 2.19 bits per heavy atom. The van der Waals surface area contributed by atoms with Gasteiger partial charge in [-0.05, 0) is 26.8 Å². The van der Waals surface area contributed by atoms with Crippen LogP contribution in [0.1, 0.15) is 20.8 Å². The van der Waals surface area contributed by atoms with Crippen molar-refractivity contribution in [3.05, 3.63) is 18.3 Å². The minimum absolute atomic E-state index is 0.0725. The minimum atomic E-state index is -0.220. The van der Waals surface area contributed by atoms with E-state index in [4.69, 9.17) is 5.73 Å². The number of rotatable bonds is 3. The van der Waals surface area contributed by atoms with Crippen molar-refractivity contribution in [2.75, 3.05) is 17.6 Å². The molecular formula is C11H18N4O. The van der Waals surface area contributed by atoms with Crippen LogP contribution in [0.2, 0.25) is 0 Å². The van der Waals surface area contributed by atoms with Crippen LogP contribution in [0.4, 0.5) is 11.5 Å². The van der Waals surface area contributed by atoms with E-state index in [1.54, 1.807) is 18.3 Å². The number of anilines is 2. The van der Waals surface area contributed by atoms with Crippen LogP contribution in [0.3, 0.4) is 0 Å². The molecule has 5 nitrogen and oxygen atoms in total. The highest BCUT2D eigenvalue weighted by Gasteiger charge is 2.13. The van der Waals surface area contributed by atoms with Crippen molar-refractivity contribution in [1.29, 1.82) is 0 Å². The summed E-state index contributed by atoms with van der Waals surface area (Å²) in [6.07, 6.45) is 1.60. The molecule has 1 amide bonds. The maximum atomic E-state index is 11.5. The van der Waals surface area contributed by atoms with Crippen molar-refractivity contribution < 1.29 is 4.79 Å². The molecule has 1 aromatic rings. The van der Waals surface area contributed by atoms with Gasteiger partial charge in [0.2, 0.25) is 5.91 Å². The molecule has 16 heavy (non-hydrogen) atoms. The Hall–Kier alpha value is -1.78. The summed E-state index contributed by atoms with van der Waals surface area (Å²) in [5.41, 5.74) is 5.99. The third kappa shape index (κ3) is 4.63. The molecule has 5 heteroatoms. The summed E-state index contributed by atoms with van der Waals surface area (Å²) in [5, 5.41) is 5.75. The highest BCUT2D eigenvalue weighted by molar-refractivity contribution is 5.81. The Morgan fingerprint density at radius 3 is 2.75 bits per heavy atom. The molecular weight excluding hydrogens is 204 g/mol. The summed E-state index contributed by atoms with van der Waals surface area (Å²) >= 11 is 0. The predicted molar refractivity (Wildman–Crippen MR) is 65.0 cm³/mol. The summed E-state index contributed by atoms with van der Waals surface area (Å²) in [6, 6.07) is 3.38. The van der Waals surface area contributed by atoms with E-state index in [1.807, 2.05) is 20.8 Å². The first-order valence-electron chi connectivity index (χ1n) is 5.13. The monoisotopic (exact) mass is 222 g/mol. The van der Waals surface area contributed by atoms with Crippen LogP contribution >= 0.6 is 0 Å². The van der Waals surface area contributed by atoms with Crippen LogP contribution in [0, 0.1) is 0 Å². The Labute approximate surface area is 95.4 Å². The van der Waals surface area contributed by atoms with Gasteiger partial charge in [-0.2, -0.15) is 0 Å². The van der Waals surface area contributed by atoms with Crippen molar-refractivity contribution in [3.8, 4) is 0 Å². The van der Waals surface area contributed by atoms with E-state index in [9.17, 15) is 4.79 Å². The highest BCUT2D eigenvalue weighted by Crippen LogP contribution is 2.07. The molecule has 0 saturated carbocycles. The molecule has 0 unspecified atom stereocenters. The average molecular weight is 222 g/mol. The molecule has 0 aliphatic carbocycles. The second-order valence-corrected chi connectivity index (χ2v) is 4.63. The zero-order valence-electron chi connectivity index (χ0n) is 9.87. The Bertz CT molecular complexity index is 370. The number of hydrogen-bond acceptors (Lipinski definition) is 4. The zero-order valence-corrected chi connectivity index (χ0v) is 9.87. The van der Waals surface area contributed by atoms with Gasteiger partial charge in [-0.15, -0.1) is 0 Å². The van der Waals surface area contributed by atoms with E-state index in [1.165, 1.54) is 0 Å². The normalized spacial score (nSPS) is 10.9. The number of amides is 1. The predicted octanol–water partition coefficient (Wildman–Crippen LogP) is 0.990. The maximum Gasteiger partial charge on any atom is 0.239 e. The number of nitrogens with two attached hydrogens (primary N) is 1. The van der Waals surface area contributed by atoms with Gasteiger partial charge in [-0.25, -0.2) is 4.98 Å². The quantitative estimate of drug-likeness (QED) is 0.712. The molecule has 0 saturated heterocycles. The van der Waals surface area contributed by atoms with Gasteiger partial charge in [0.05, 0.1) is 6.54 Å². The summed E-state index contributed by atoms with van der Waals surface area (Å²) in [4.78, 5) is 15.5. The van der Waals surface area contributed by atoms with Crippen LogP contribution in [0.25, 0.3) is 0 Å². The molecule has 1 aromatic heterocycles. The summed E-state index contributed by atoms with van der Waals surface area (Å²) < 4.78 is 0. The SMILES string of the molecule is CC(C)(C)NC(=O)CNc1cc(N)ccn1. The maximum absolute atomic E-state index is 11.5. The molecule has 0 aliphatic rings. The second kappa shape index (κ2) is 4.83. The van der Waals surface area contributed by atoms with Gasteiger partial charge < -0.3 is 16.4 Å². The first-order chi connectivity index (χ1) is 7.37. The van der Waals surface area contributed by atoms with Crippen molar-refractivity contribution in [3.63, 3.8) is 0 Å². The van der Waals surface area contributed by atoms with E-state index in [2.05, 4.69) is 15.6 Å². The number of pyridine rings is 1. The molecule has 88 valence electrons. The molecule has 0 fully saturated rings.